The van der Waals surface area contributed by atoms with Crippen LogP contribution in [0.25, 0.3) is 0 Å². The van der Waals surface area contributed by atoms with Gasteiger partial charge in [-0.25, -0.2) is 4.98 Å². The normalized spacial score (nSPS) is 18.2. The number of carbonyl (C=O) groups is 1. The van der Waals surface area contributed by atoms with E-state index >= 15 is 0 Å². The van der Waals surface area contributed by atoms with Crippen molar-refractivity contribution in [3.63, 3.8) is 0 Å². The van der Waals surface area contributed by atoms with Gasteiger partial charge >= 0.3 is 5.69 Å². The van der Waals surface area contributed by atoms with Crippen LogP contribution in [-0.4, -0.2) is 34.9 Å². The molecule has 0 unspecified atom stereocenters. The Bertz CT molecular complexity index is 523. The van der Waals surface area contributed by atoms with Gasteiger partial charge in [0.05, 0.1) is 9.95 Å². The number of nitrogens with zero attached hydrogens (tertiary/aromatic N) is 3. The third-order valence-corrected chi connectivity index (χ3v) is 3.23. The second-order valence-electron chi connectivity index (χ2n) is 4.13. The number of aromatic nitrogens is 1. The Balaban J connectivity index is 2.43. The lowest BCUT2D eigenvalue weighted by Crippen LogP contribution is -2.41. The molecular formula is C11H13ClN4O3. The average Bonchev–Trinajstić information content (AvgIpc) is 2.78. The second-order valence-corrected chi connectivity index (χ2v) is 4.57. The number of pyridine rings is 1. The zero-order chi connectivity index (χ0) is 14.0. The average molecular weight is 285 g/mol. The van der Waals surface area contributed by atoms with E-state index in [1.165, 1.54) is 12.3 Å². The topological polar surface area (TPSA) is 88.4 Å². The van der Waals surface area contributed by atoms with Crippen molar-refractivity contribution in [2.75, 3.05) is 18.0 Å². The van der Waals surface area contributed by atoms with Crippen LogP contribution in [0, 0.1) is 10.1 Å². The first-order chi connectivity index (χ1) is 9.04. The van der Waals surface area contributed by atoms with Crippen molar-refractivity contribution in [3.05, 3.63) is 27.4 Å². The number of halogens is 1. The van der Waals surface area contributed by atoms with Gasteiger partial charge in [-0.05, 0) is 13.3 Å². The van der Waals surface area contributed by atoms with E-state index in [4.69, 9.17) is 11.6 Å². The van der Waals surface area contributed by atoms with Gasteiger partial charge in [0.15, 0.2) is 0 Å². The van der Waals surface area contributed by atoms with E-state index in [1.807, 2.05) is 6.92 Å². The first-order valence-corrected chi connectivity index (χ1v) is 6.26. The first-order valence-electron chi connectivity index (χ1n) is 5.89. The van der Waals surface area contributed by atoms with Gasteiger partial charge in [-0.1, -0.05) is 11.6 Å². The quantitative estimate of drug-likeness (QED) is 0.666. The molecule has 102 valence electrons. The minimum Gasteiger partial charge on any atom is -0.354 e. The monoisotopic (exact) mass is 284 g/mol. The van der Waals surface area contributed by atoms with Gasteiger partial charge in [-0.2, -0.15) is 0 Å². The molecule has 8 heteroatoms. The molecule has 7 nitrogen and oxygen atoms in total. The van der Waals surface area contributed by atoms with Crippen molar-refractivity contribution >= 4 is 29.0 Å². The molecule has 19 heavy (non-hydrogen) atoms. The van der Waals surface area contributed by atoms with Gasteiger partial charge in [0.25, 0.3) is 0 Å². The standard InChI is InChI=1S/C11H13ClN4O3/c1-2-15(8-3-4-13-11(8)17)10-9(16(18)19)5-7(12)6-14-10/h5-6,8H,2-4H2,1H3,(H,13,17)/t8-/m1/s1. The van der Waals surface area contributed by atoms with Crippen LogP contribution in [0.3, 0.4) is 0 Å². The summed E-state index contributed by atoms with van der Waals surface area (Å²) in [5.41, 5.74) is -0.186. The Kier molecular flexibility index (Phi) is 3.84. The van der Waals surface area contributed by atoms with Crippen molar-refractivity contribution < 1.29 is 9.72 Å². The summed E-state index contributed by atoms with van der Waals surface area (Å²) >= 11 is 5.73. The summed E-state index contributed by atoms with van der Waals surface area (Å²) < 4.78 is 0. The van der Waals surface area contributed by atoms with Gasteiger partial charge in [0, 0.05) is 25.4 Å². The number of hydrogen-bond donors (Lipinski definition) is 1. The molecule has 0 bridgehead atoms. The number of carbonyl (C=O) groups excluding carboxylic acids is 1. The van der Waals surface area contributed by atoms with Crippen molar-refractivity contribution in [2.24, 2.45) is 0 Å². The van der Waals surface area contributed by atoms with Gasteiger partial charge in [0.2, 0.25) is 11.7 Å². The fraction of sp³-hybridized carbons (Fsp3) is 0.455. The maximum atomic E-state index is 11.7. The van der Waals surface area contributed by atoms with Crippen LogP contribution in [-0.2, 0) is 4.79 Å². The molecule has 2 rings (SSSR count). The van der Waals surface area contributed by atoms with E-state index in [0.29, 0.717) is 19.5 Å². The second kappa shape index (κ2) is 5.40. The van der Waals surface area contributed by atoms with Crippen LogP contribution >= 0.6 is 11.6 Å². The number of hydrogen-bond acceptors (Lipinski definition) is 5. The minimum absolute atomic E-state index is 0.132. The molecule has 2 heterocycles. The molecule has 1 amide bonds. The van der Waals surface area contributed by atoms with E-state index in [-0.39, 0.29) is 22.4 Å². The van der Waals surface area contributed by atoms with Gasteiger partial charge < -0.3 is 10.2 Å². The van der Waals surface area contributed by atoms with Crippen LogP contribution in [0.1, 0.15) is 13.3 Å². The predicted molar refractivity (Wildman–Crippen MR) is 70.3 cm³/mol. The highest BCUT2D eigenvalue weighted by Crippen LogP contribution is 2.30. The molecule has 1 aliphatic heterocycles. The van der Waals surface area contributed by atoms with Crippen LogP contribution in [0.2, 0.25) is 5.02 Å². The predicted octanol–water partition coefficient (Wildman–Crippen LogP) is 1.36. The molecule has 1 aliphatic rings. The molecule has 0 aromatic carbocycles. The molecule has 1 fully saturated rings. The zero-order valence-electron chi connectivity index (χ0n) is 10.3. The Labute approximate surface area is 114 Å². The maximum Gasteiger partial charge on any atom is 0.313 e. The fourth-order valence-electron chi connectivity index (χ4n) is 2.17. The summed E-state index contributed by atoms with van der Waals surface area (Å²) in [6, 6.07) is 0.830. The van der Waals surface area contributed by atoms with Crippen LogP contribution in [0.5, 0.6) is 0 Å². The number of nitro groups is 1. The number of rotatable bonds is 4. The molecule has 0 saturated carbocycles. The highest BCUT2D eigenvalue weighted by Gasteiger charge is 2.33. The summed E-state index contributed by atoms with van der Waals surface area (Å²) in [6.45, 7) is 2.85. The lowest BCUT2D eigenvalue weighted by molar-refractivity contribution is -0.384. The number of likely N-dealkylation sites (N-methyl/N-ethyl adjacent to an activating group) is 1. The largest absolute Gasteiger partial charge is 0.354 e. The molecule has 1 atom stereocenters. The number of nitrogens with one attached hydrogen (secondary N) is 1. The molecule has 1 N–H and O–H groups in total. The molecule has 0 spiro atoms. The summed E-state index contributed by atoms with van der Waals surface area (Å²) in [7, 11) is 0. The Morgan fingerprint density at radius 1 is 1.68 bits per heavy atom. The van der Waals surface area contributed by atoms with Crippen molar-refractivity contribution in [3.8, 4) is 0 Å². The van der Waals surface area contributed by atoms with E-state index in [2.05, 4.69) is 10.3 Å². The summed E-state index contributed by atoms with van der Waals surface area (Å²) in [5, 5.41) is 14.0. The van der Waals surface area contributed by atoms with Crippen molar-refractivity contribution in [1.29, 1.82) is 0 Å². The third kappa shape index (κ3) is 2.60. The van der Waals surface area contributed by atoms with Gasteiger partial charge in [0.1, 0.15) is 6.04 Å². The smallest absolute Gasteiger partial charge is 0.313 e. The molecule has 0 radical (unpaired) electrons. The maximum absolute atomic E-state index is 11.7. The van der Waals surface area contributed by atoms with E-state index < -0.39 is 11.0 Å². The highest BCUT2D eigenvalue weighted by molar-refractivity contribution is 6.30. The minimum atomic E-state index is -0.538. The molecule has 1 saturated heterocycles. The van der Waals surface area contributed by atoms with Crippen LogP contribution in [0.4, 0.5) is 11.5 Å². The molecular weight excluding hydrogens is 272 g/mol. The molecule has 1 aromatic rings. The first kappa shape index (κ1) is 13.5. The molecule has 0 aliphatic carbocycles. The SMILES string of the molecule is CCN(c1ncc(Cl)cc1[N+](=O)[O-])[C@@H]1CCNC1=O. The summed E-state index contributed by atoms with van der Waals surface area (Å²) in [6.07, 6.45) is 1.95. The lowest BCUT2D eigenvalue weighted by Gasteiger charge is -2.26. The Morgan fingerprint density at radius 3 is 2.95 bits per heavy atom. The van der Waals surface area contributed by atoms with Gasteiger partial charge in [-0.15, -0.1) is 0 Å². The Morgan fingerprint density at radius 2 is 2.42 bits per heavy atom. The summed E-state index contributed by atoms with van der Waals surface area (Å²) in [4.78, 5) is 27.9. The lowest BCUT2D eigenvalue weighted by atomic mass is 10.2. The van der Waals surface area contributed by atoms with E-state index in [1.54, 1.807) is 4.90 Å². The van der Waals surface area contributed by atoms with Crippen LogP contribution < -0.4 is 10.2 Å². The van der Waals surface area contributed by atoms with Crippen molar-refractivity contribution in [1.82, 2.24) is 10.3 Å². The molecule has 1 aromatic heterocycles. The van der Waals surface area contributed by atoms with Crippen LogP contribution in [0.15, 0.2) is 12.3 Å². The van der Waals surface area contributed by atoms with Crippen molar-refractivity contribution in [2.45, 2.75) is 19.4 Å². The fourth-order valence-corrected chi connectivity index (χ4v) is 2.33. The Hall–Kier alpha value is -1.89. The number of amides is 1. The van der Waals surface area contributed by atoms with E-state index in [9.17, 15) is 14.9 Å². The highest BCUT2D eigenvalue weighted by atomic mass is 35.5. The number of anilines is 1. The van der Waals surface area contributed by atoms with E-state index in [0.717, 1.165) is 0 Å². The summed E-state index contributed by atoms with van der Waals surface area (Å²) in [5.74, 6) is 0.0480. The third-order valence-electron chi connectivity index (χ3n) is 3.02. The van der Waals surface area contributed by atoms with Gasteiger partial charge in [-0.3, -0.25) is 14.9 Å². The zero-order valence-corrected chi connectivity index (χ0v) is 11.1.